The van der Waals surface area contributed by atoms with E-state index in [1.54, 1.807) is 0 Å². The van der Waals surface area contributed by atoms with Gasteiger partial charge in [0.15, 0.2) is 0 Å². The summed E-state index contributed by atoms with van der Waals surface area (Å²) < 4.78 is 6.01. The molecule has 158 valence electrons. The highest BCUT2D eigenvalue weighted by Gasteiger charge is 2.34. The van der Waals surface area contributed by atoms with Crippen LogP contribution in [0.2, 0.25) is 0 Å². The van der Waals surface area contributed by atoms with E-state index in [1.807, 2.05) is 53.4 Å². The van der Waals surface area contributed by atoms with Crippen LogP contribution in [0, 0.1) is 0 Å². The fraction of sp³-hybridized carbons (Fsp3) is 0.269. The van der Waals surface area contributed by atoms with Crippen molar-refractivity contribution in [3.05, 3.63) is 90.5 Å². The molecule has 0 unspecified atom stereocenters. The molecule has 3 aromatic rings. The molecule has 5 rings (SSSR count). The van der Waals surface area contributed by atoms with Gasteiger partial charge in [-0.1, -0.05) is 60.7 Å². The van der Waals surface area contributed by atoms with Crippen molar-refractivity contribution in [2.24, 2.45) is 0 Å². The molecule has 0 bridgehead atoms. The molecule has 1 amide bonds. The fourth-order valence-electron chi connectivity index (χ4n) is 4.49. The molecule has 2 heterocycles. The van der Waals surface area contributed by atoms with Crippen LogP contribution in [-0.4, -0.2) is 50.1 Å². The van der Waals surface area contributed by atoms with Gasteiger partial charge in [-0.3, -0.25) is 14.6 Å². The molecule has 5 heteroatoms. The van der Waals surface area contributed by atoms with Crippen molar-refractivity contribution in [1.82, 2.24) is 4.90 Å². The molecule has 0 aliphatic carbocycles. The molecule has 1 fully saturated rings. The van der Waals surface area contributed by atoms with Crippen LogP contribution in [-0.2, 0) is 4.79 Å². The number of para-hydroxylation sites is 3. The van der Waals surface area contributed by atoms with E-state index >= 15 is 0 Å². The minimum absolute atomic E-state index is 0.116. The lowest BCUT2D eigenvalue weighted by Crippen LogP contribution is -2.51. The summed E-state index contributed by atoms with van der Waals surface area (Å²) in [6.45, 7) is 4.50. The van der Waals surface area contributed by atoms with Crippen molar-refractivity contribution in [2.75, 3.05) is 49.1 Å². The number of amides is 1. The SMILES string of the molecule is O=C(CN1CCN(c2ccccc2)CC1)N1c2ccccc2OC[C@H]1c1ccccc1. The van der Waals surface area contributed by atoms with E-state index < -0.39 is 0 Å². The van der Waals surface area contributed by atoms with Crippen LogP contribution in [0.1, 0.15) is 11.6 Å². The number of hydrogen-bond acceptors (Lipinski definition) is 4. The summed E-state index contributed by atoms with van der Waals surface area (Å²) in [6, 6.07) is 28.4. The summed E-state index contributed by atoms with van der Waals surface area (Å²) in [6.07, 6.45) is 0. The maximum absolute atomic E-state index is 13.6. The van der Waals surface area contributed by atoms with Crippen LogP contribution in [0.15, 0.2) is 84.9 Å². The largest absolute Gasteiger partial charge is 0.489 e. The van der Waals surface area contributed by atoms with Crippen LogP contribution in [0.25, 0.3) is 0 Å². The Morgan fingerprint density at radius 3 is 2.19 bits per heavy atom. The maximum atomic E-state index is 13.6. The lowest BCUT2D eigenvalue weighted by Gasteiger charge is -2.40. The molecule has 1 saturated heterocycles. The highest BCUT2D eigenvalue weighted by atomic mass is 16.5. The van der Waals surface area contributed by atoms with Gasteiger partial charge in [0.1, 0.15) is 12.4 Å². The van der Waals surface area contributed by atoms with Crippen molar-refractivity contribution in [1.29, 1.82) is 0 Å². The highest BCUT2D eigenvalue weighted by molar-refractivity contribution is 5.97. The molecule has 5 nitrogen and oxygen atoms in total. The number of hydrogen-bond donors (Lipinski definition) is 0. The third-order valence-electron chi connectivity index (χ3n) is 6.14. The standard InChI is InChI=1S/C26H27N3O2/c30-26(19-27-15-17-28(18-16-27)22-11-5-2-6-12-22)29-23-13-7-8-14-25(23)31-20-24(29)21-9-3-1-4-10-21/h1-14,24H,15-20H2/t24-/m0/s1. The van der Waals surface area contributed by atoms with E-state index in [2.05, 4.69) is 46.2 Å². The maximum Gasteiger partial charge on any atom is 0.241 e. The van der Waals surface area contributed by atoms with Crippen LogP contribution in [0.5, 0.6) is 5.75 Å². The number of benzene rings is 3. The predicted molar refractivity (Wildman–Crippen MR) is 124 cm³/mol. The summed E-state index contributed by atoms with van der Waals surface area (Å²) in [5, 5.41) is 0. The number of nitrogens with zero attached hydrogens (tertiary/aromatic N) is 3. The first-order chi connectivity index (χ1) is 15.3. The summed E-state index contributed by atoms with van der Waals surface area (Å²) >= 11 is 0. The fourth-order valence-corrected chi connectivity index (χ4v) is 4.49. The third-order valence-corrected chi connectivity index (χ3v) is 6.14. The van der Waals surface area contributed by atoms with E-state index in [4.69, 9.17) is 4.74 Å². The van der Waals surface area contributed by atoms with Crippen molar-refractivity contribution in [3.8, 4) is 5.75 Å². The molecule has 3 aromatic carbocycles. The van der Waals surface area contributed by atoms with Crippen molar-refractivity contribution >= 4 is 17.3 Å². The average molecular weight is 414 g/mol. The minimum atomic E-state index is -0.116. The van der Waals surface area contributed by atoms with E-state index in [0.717, 1.165) is 43.2 Å². The zero-order valence-corrected chi connectivity index (χ0v) is 17.6. The Balaban J connectivity index is 1.32. The molecular formula is C26H27N3O2. The number of fused-ring (bicyclic) bond motifs is 1. The molecule has 0 aromatic heterocycles. The first-order valence-electron chi connectivity index (χ1n) is 10.9. The van der Waals surface area contributed by atoms with Gasteiger partial charge >= 0.3 is 0 Å². The van der Waals surface area contributed by atoms with E-state index in [1.165, 1.54) is 5.69 Å². The third kappa shape index (κ3) is 4.14. The van der Waals surface area contributed by atoms with Gasteiger partial charge in [-0.05, 0) is 29.8 Å². The van der Waals surface area contributed by atoms with Gasteiger partial charge in [-0.2, -0.15) is 0 Å². The second-order valence-corrected chi connectivity index (χ2v) is 8.07. The van der Waals surface area contributed by atoms with Crippen molar-refractivity contribution in [3.63, 3.8) is 0 Å². The van der Waals surface area contributed by atoms with E-state index in [-0.39, 0.29) is 11.9 Å². The molecule has 0 N–H and O–H groups in total. The Bertz CT molecular complexity index is 1020. The molecule has 0 saturated carbocycles. The Kier molecular flexibility index (Phi) is 5.59. The van der Waals surface area contributed by atoms with Crippen LogP contribution in [0.3, 0.4) is 0 Å². The number of piperazine rings is 1. The summed E-state index contributed by atoms with van der Waals surface area (Å²) in [5.41, 5.74) is 3.20. The first-order valence-corrected chi connectivity index (χ1v) is 10.9. The first kappa shape index (κ1) is 19.6. The van der Waals surface area contributed by atoms with Crippen LogP contribution in [0.4, 0.5) is 11.4 Å². The predicted octanol–water partition coefficient (Wildman–Crippen LogP) is 3.98. The number of ether oxygens (including phenoxy) is 1. The van der Waals surface area contributed by atoms with E-state index in [0.29, 0.717) is 13.2 Å². The topological polar surface area (TPSA) is 36.0 Å². The molecule has 2 aliphatic heterocycles. The zero-order valence-electron chi connectivity index (χ0n) is 17.6. The molecule has 31 heavy (non-hydrogen) atoms. The van der Waals surface area contributed by atoms with Crippen LogP contribution >= 0.6 is 0 Å². The lowest BCUT2D eigenvalue weighted by atomic mass is 10.0. The molecular weight excluding hydrogens is 386 g/mol. The highest BCUT2D eigenvalue weighted by Crippen LogP contribution is 2.39. The summed E-state index contributed by atoms with van der Waals surface area (Å²) in [7, 11) is 0. The normalized spacial score (nSPS) is 18.9. The number of carbonyl (C=O) groups excluding carboxylic acids is 1. The Labute approximate surface area is 183 Å². The summed E-state index contributed by atoms with van der Waals surface area (Å²) in [5.74, 6) is 0.898. The molecule has 2 aliphatic rings. The van der Waals surface area contributed by atoms with Gasteiger partial charge < -0.3 is 9.64 Å². The van der Waals surface area contributed by atoms with Gasteiger partial charge in [-0.15, -0.1) is 0 Å². The van der Waals surface area contributed by atoms with E-state index in [9.17, 15) is 4.79 Å². The monoisotopic (exact) mass is 413 g/mol. The van der Waals surface area contributed by atoms with Gasteiger partial charge in [-0.25, -0.2) is 0 Å². The molecule has 0 spiro atoms. The van der Waals surface area contributed by atoms with Crippen LogP contribution < -0.4 is 14.5 Å². The summed E-state index contributed by atoms with van der Waals surface area (Å²) in [4.78, 5) is 20.2. The zero-order chi connectivity index (χ0) is 21.0. The average Bonchev–Trinajstić information content (AvgIpc) is 2.85. The Morgan fingerprint density at radius 1 is 0.806 bits per heavy atom. The van der Waals surface area contributed by atoms with Gasteiger partial charge in [0.25, 0.3) is 0 Å². The quantitative estimate of drug-likeness (QED) is 0.648. The second kappa shape index (κ2) is 8.82. The smallest absolute Gasteiger partial charge is 0.241 e. The second-order valence-electron chi connectivity index (χ2n) is 8.07. The van der Waals surface area contributed by atoms with Gasteiger partial charge in [0, 0.05) is 31.9 Å². The molecule has 1 atom stereocenters. The van der Waals surface area contributed by atoms with Gasteiger partial charge in [0.05, 0.1) is 18.3 Å². The lowest BCUT2D eigenvalue weighted by molar-refractivity contribution is -0.120. The van der Waals surface area contributed by atoms with Crippen molar-refractivity contribution in [2.45, 2.75) is 6.04 Å². The Hall–Kier alpha value is -3.31. The van der Waals surface area contributed by atoms with Crippen molar-refractivity contribution < 1.29 is 9.53 Å². The van der Waals surface area contributed by atoms with Gasteiger partial charge in [0.2, 0.25) is 5.91 Å². The number of rotatable bonds is 4. The molecule has 0 radical (unpaired) electrons. The Morgan fingerprint density at radius 2 is 1.45 bits per heavy atom. The number of carbonyl (C=O) groups is 1. The minimum Gasteiger partial charge on any atom is -0.489 e. The number of anilines is 2.